The van der Waals surface area contributed by atoms with Crippen molar-refractivity contribution in [1.29, 1.82) is 0 Å². The molecule has 1 N–H and O–H groups in total. The van der Waals surface area contributed by atoms with Crippen LogP contribution in [0.3, 0.4) is 0 Å². The molecule has 0 aliphatic heterocycles. The highest BCUT2D eigenvalue weighted by atomic mass is 16.1. The molecule has 2 atom stereocenters. The predicted octanol–water partition coefficient (Wildman–Crippen LogP) is 2.50. The summed E-state index contributed by atoms with van der Waals surface area (Å²) in [6.07, 6.45) is 5.04. The van der Waals surface area contributed by atoms with Gasteiger partial charge in [0.05, 0.1) is 5.69 Å². The molecule has 0 spiro atoms. The summed E-state index contributed by atoms with van der Waals surface area (Å²) in [5.41, 5.74) is 6.03. The molecular formula is C16H14N2O. The van der Waals surface area contributed by atoms with Gasteiger partial charge in [-0.2, -0.15) is 0 Å². The Morgan fingerprint density at radius 1 is 1.26 bits per heavy atom. The number of H-pyrrole nitrogens is 1. The minimum atomic E-state index is -0.0188. The number of hydrogen-bond donors (Lipinski definition) is 1. The first-order chi connectivity index (χ1) is 9.24. The lowest BCUT2D eigenvalue weighted by molar-refractivity contribution is 0.772. The number of pyridine rings is 2. The van der Waals surface area contributed by atoms with Crippen LogP contribution in [0.5, 0.6) is 0 Å². The first-order valence-corrected chi connectivity index (χ1v) is 6.59. The molecule has 0 amide bonds. The van der Waals surface area contributed by atoms with E-state index < -0.39 is 0 Å². The van der Waals surface area contributed by atoms with Crippen molar-refractivity contribution in [2.75, 3.05) is 0 Å². The molecule has 2 bridgehead atoms. The molecule has 3 aliphatic rings. The lowest BCUT2D eigenvalue weighted by Crippen LogP contribution is -2.13. The van der Waals surface area contributed by atoms with Crippen molar-refractivity contribution < 1.29 is 0 Å². The molecular weight excluding hydrogens is 236 g/mol. The van der Waals surface area contributed by atoms with Crippen LogP contribution in [0.15, 0.2) is 46.9 Å². The van der Waals surface area contributed by atoms with Gasteiger partial charge in [-0.25, -0.2) is 0 Å². The van der Waals surface area contributed by atoms with Crippen molar-refractivity contribution in [2.45, 2.75) is 25.2 Å². The largest absolute Gasteiger partial charge is 0.326 e. The number of hydrogen-bond acceptors (Lipinski definition) is 2. The van der Waals surface area contributed by atoms with Crippen LogP contribution in [0.25, 0.3) is 0 Å². The van der Waals surface area contributed by atoms with Gasteiger partial charge in [-0.1, -0.05) is 23.8 Å². The van der Waals surface area contributed by atoms with Crippen molar-refractivity contribution in [1.82, 2.24) is 9.97 Å². The van der Waals surface area contributed by atoms with Gasteiger partial charge in [0.15, 0.2) is 0 Å². The number of nitrogens with zero attached hydrogens (tertiary/aromatic N) is 1. The third-order valence-corrected chi connectivity index (χ3v) is 4.24. The monoisotopic (exact) mass is 250 g/mol. The van der Waals surface area contributed by atoms with E-state index in [0.29, 0.717) is 5.92 Å². The summed E-state index contributed by atoms with van der Waals surface area (Å²) < 4.78 is 0. The summed E-state index contributed by atoms with van der Waals surface area (Å²) in [6.45, 7) is 2.16. The Bertz CT molecular complexity index is 757. The summed E-state index contributed by atoms with van der Waals surface area (Å²) in [4.78, 5) is 19.2. The van der Waals surface area contributed by atoms with Gasteiger partial charge in [0, 0.05) is 29.8 Å². The molecule has 3 aliphatic carbocycles. The minimum absolute atomic E-state index is 0.0188. The van der Waals surface area contributed by atoms with Crippen LogP contribution in [0.2, 0.25) is 0 Å². The van der Waals surface area contributed by atoms with Crippen LogP contribution in [-0.2, 0) is 6.42 Å². The SMILES string of the molecule is CC1=C[C@H]2Cc3[nH]c(=O)ccc3[C@@H]1c1ncccc12. The molecule has 0 unspecified atom stereocenters. The van der Waals surface area contributed by atoms with Crippen LogP contribution in [0.1, 0.15) is 41.3 Å². The Labute approximate surface area is 111 Å². The maximum absolute atomic E-state index is 11.6. The predicted molar refractivity (Wildman–Crippen MR) is 73.3 cm³/mol. The maximum atomic E-state index is 11.6. The first-order valence-electron chi connectivity index (χ1n) is 6.59. The fourth-order valence-electron chi connectivity index (χ4n) is 3.45. The molecule has 2 aromatic heterocycles. The van der Waals surface area contributed by atoms with Crippen molar-refractivity contribution in [3.05, 3.63) is 75.0 Å². The van der Waals surface area contributed by atoms with Gasteiger partial charge < -0.3 is 4.98 Å². The molecule has 94 valence electrons. The van der Waals surface area contributed by atoms with Crippen LogP contribution >= 0.6 is 0 Å². The molecule has 0 saturated heterocycles. The summed E-state index contributed by atoms with van der Waals surface area (Å²) >= 11 is 0. The van der Waals surface area contributed by atoms with E-state index >= 15 is 0 Å². The highest BCUT2D eigenvalue weighted by molar-refractivity contribution is 5.52. The molecule has 19 heavy (non-hydrogen) atoms. The summed E-state index contributed by atoms with van der Waals surface area (Å²) in [6, 6.07) is 7.73. The molecule has 0 aromatic carbocycles. The second-order valence-electron chi connectivity index (χ2n) is 5.39. The van der Waals surface area contributed by atoms with Gasteiger partial charge in [-0.05, 0) is 30.5 Å². The zero-order valence-corrected chi connectivity index (χ0v) is 10.7. The Balaban J connectivity index is 2.05. The number of nitrogens with one attached hydrogen (secondary N) is 1. The Kier molecular flexibility index (Phi) is 2.07. The van der Waals surface area contributed by atoms with Crippen molar-refractivity contribution in [2.24, 2.45) is 0 Å². The van der Waals surface area contributed by atoms with E-state index in [0.717, 1.165) is 17.8 Å². The topological polar surface area (TPSA) is 45.8 Å². The Hall–Kier alpha value is -2.16. The second kappa shape index (κ2) is 3.67. The third kappa shape index (κ3) is 1.44. The summed E-state index contributed by atoms with van der Waals surface area (Å²) in [5, 5.41) is 0. The summed E-state index contributed by atoms with van der Waals surface area (Å²) in [5.74, 6) is 0.529. The average molecular weight is 250 g/mol. The number of aromatic amines is 1. The number of allylic oxidation sites excluding steroid dienone is 2. The van der Waals surface area contributed by atoms with Gasteiger partial charge in [-0.3, -0.25) is 9.78 Å². The van der Waals surface area contributed by atoms with Crippen LogP contribution in [0.4, 0.5) is 0 Å². The van der Waals surface area contributed by atoms with E-state index in [4.69, 9.17) is 0 Å². The molecule has 3 nitrogen and oxygen atoms in total. The molecule has 5 rings (SSSR count). The minimum Gasteiger partial charge on any atom is -0.326 e. The zero-order chi connectivity index (χ0) is 13.0. The van der Waals surface area contributed by atoms with E-state index in [1.165, 1.54) is 16.7 Å². The maximum Gasteiger partial charge on any atom is 0.248 e. The van der Waals surface area contributed by atoms with Gasteiger partial charge >= 0.3 is 0 Å². The van der Waals surface area contributed by atoms with E-state index in [-0.39, 0.29) is 11.5 Å². The standard InChI is InChI=1S/C16H14N2O/c1-9-7-10-8-13-12(4-5-14(19)18-13)15(9)16-11(10)3-2-6-17-16/h2-7,10,15H,8H2,1H3,(H,18,19)/t10-,15+/m0/s1. The third-order valence-electron chi connectivity index (χ3n) is 4.24. The van der Waals surface area contributed by atoms with Crippen molar-refractivity contribution in [3.63, 3.8) is 0 Å². The van der Waals surface area contributed by atoms with Gasteiger partial charge in [0.1, 0.15) is 0 Å². The highest BCUT2D eigenvalue weighted by Gasteiger charge is 2.34. The van der Waals surface area contributed by atoms with Crippen molar-refractivity contribution in [3.8, 4) is 0 Å². The van der Waals surface area contributed by atoms with Gasteiger partial charge in [-0.15, -0.1) is 0 Å². The quantitative estimate of drug-likeness (QED) is 0.730. The number of rotatable bonds is 0. The molecule has 0 saturated carbocycles. The fraction of sp³-hybridized carbons (Fsp3) is 0.250. The molecule has 2 aromatic rings. The van der Waals surface area contributed by atoms with E-state index in [2.05, 4.69) is 29.0 Å². The molecule has 3 heteroatoms. The van der Waals surface area contributed by atoms with Crippen LogP contribution < -0.4 is 5.56 Å². The van der Waals surface area contributed by atoms with E-state index in [1.807, 2.05) is 18.3 Å². The zero-order valence-electron chi connectivity index (χ0n) is 10.7. The smallest absolute Gasteiger partial charge is 0.248 e. The molecule has 0 radical (unpaired) electrons. The Morgan fingerprint density at radius 3 is 3.05 bits per heavy atom. The van der Waals surface area contributed by atoms with Gasteiger partial charge in [0.2, 0.25) is 5.56 Å². The van der Waals surface area contributed by atoms with E-state index in [1.54, 1.807) is 6.07 Å². The Morgan fingerprint density at radius 2 is 2.16 bits per heavy atom. The van der Waals surface area contributed by atoms with Crippen LogP contribution in [-0.4, -0.2) is 9.97 Å². The lowest BCUT2D eigenvalue weighted by Gasteiger charge is -2.25. The molecule has 0 fully saturated rings. The normalized spacial score (nSPS) is 23.3. The van der Waals surface area contributed by atoms with Crippen LogP contribution in [0, 0.1) is 0 Å². The average Bonchev–Trinajstić information content (AvgIpc) is 2.62. The fourth-order valence-corrected chi connectivity index (χ4v) is 3.45. The first kappa shape index (κ1) is 10.7. The van der Waals surface area contributed by atoms with Crippen molar-refractivity contribution >= 4 is 0 Å². The summed E-state index contributed by atoms with van der Waals surface area (Å²) in [7, 11) is 0. The lowest BCUT2D eigenvalue weighted by atomic mass is 9.81. The van der Waals surface area contributed by atoms with Gasteiger partial charge in [0.25, 0.3) is 0 Å². The molecule has 2 heterocycles. The van der Waals surface area contributed by atoms with E-state index in [9.17, 15) is 4.79 Å². The highest BCUT2D eigenvalue weighted by Crippen LogP contribution is 2.45. The number of aromatic nitrogens is 2. The second-order valence-corrected chi connectivity index (χ2v) is 5.39.